The van der Waals surface area contributed by atoms with Crippen LogP contribution in [0.25, 0.3) is 0 Å². The van der Waals surface area contributed by atoms with E-state index in [9.17, 15) is 9.59 Å². The maximum absolute atomic E-state index is 11.7. The summed E-state index contributed by atoms with van der Waals surface area (Å²) in [7, 11) is 0. The van der Waals surface area contributed by atoms with Gasteiger partial charge in [-0.3, -0.25) is 4.79 Å². The zero-order valence-corrected chi connectivity index (χ0v) is 10.1. The second-order valence-electron chi connectivity index (χ2n) is 3.52. The molecule has 5 nitrogen and oxygen atoms in total. The number of nitrogens with zero attached hydrogens (tertiary/aromatic N) is 1. The molecule has 0 spiro atoms. The van der Waals surface area contributed by atoms with Crippen LogP contribution in [0.1, 0.15) is 15.5 Å². The summed E-state index contributed by atoms with van der Waals surface area (Å²) >= 11 is 1.16. The first-order valence-electron chi connectivity index (χ1n) is 5.18. The molecular formula is C12H10N2O3S. The zero-order chi connectivity index (χ0) is 13.0. The van der Waals surface area contributed by atoms with Crippen molar-refractivity contribution in [2.45, 2.75) is 6.42 Å². The summed E-state index contributed by atoms with van der Waals surface area (Å²) in [6.07, 6.45) is 0.0762. The van der Waals surface area contributed by atoms with Crippen molar-refractivity contribution in [3.05, 3.63) is 46.4 Å². The molecule has 0 saturated carbocycles. The number of amides is 1. The van der Waals surface area contributed by atoms with Crippen molar-refractivity contribution >= 4 is 28.9 Å². The number of aromatic nitrogens is 1. The monoisotopic (exact) mass is 262 g/mol. The molecule has 0 bridgehead atoms. The van der Waals surface area contributed by atoms with E-state index in [0.29, 0.717) is 10.7 Å². The molecule has 0 aliphatic carbocycles. The molecule has 6 heteroatoms. The fraction of sp³-hybridized carbons (Fsp3) is 0.0833. The number of hydrogen-bond donors (Lipinski definition) is 2. The quantitative estimate of drug-likeness (QED) is 0.883. The summed E-state index contributed by atoms with van der Waals surface area (Å²) < 4.78 is 0. The third-order valence-corrected chi connectivity index (χ3v) is 2.99. The number of benzene rings is 1. The predicted molar refractivity (Wildman–Crippen MR) is 67.8 cm³/mol. The van der Waals surface area contributed by atoms with E-state index in [0.717, 1.165) is 11.3 Å². The number of thiazole rings is 1. The number of para-hydroxylation sites is 1. The lowest BCUT2D eigenvalue weighted by molar-refractivity contribution is -0.115. The Bertz CT molecular complexity index is 566. The minimum absolute atomic E-state index is 0.0255. The summed E-state index contributed by atoms with van der Waals surface area (Å²) in [4.78, 5) is 26.2. The molecule has 0 radical (unpaired) electrons. The summed E-state index contributed by atoms with van der Waals surface area (Å²) in [5.74, 6) is -1.30. The highest BCUT2D eigenvalue weighted by Gasteiger charge is 2.11. The average Bonchev–Trinajstić information content (AvgIpc) is 2.78. The molecule has 0 atom stereocenters. The van der Waals surface area contributed by atoms with Gasteiger partial charge < -0.3 is 10.4 Å². The summed E-state index contributed by atoms with van der Waals surface area (Å²) in [5.41, 5.74) is 0.681. The summed E-state index contributed by atoms with van der Waals surface area (Å²) in [5, 5.41) is 13.3. The molecule has 2 aromatic rings. The molecule has 1 aromatic carbocycles. The first-order chi connectivity index (χ1) is 8.65. The van der Waals surface area contributed by atoms with Gasteiger partial charge in [0.25, 0.3) is 0 Å². The van der Waals surface area contributed by atoms with Gasteiger partial charge in [0.05, 0.1) is 6.42 Å². The molecule has 18 heavy (non-hydrogen) atoms. The molecule has 92 valence electrons. The van der Waals surface area contributed by atoms with Crippen LogP contribution in [0.3, 0.4) is 0 Å². The van der Waals surface area contributed by atoms with Crippen molar-refractivity contribution in [1.29, 1.82) is 0 Å². The van der Waals surface area contributed by atoms with Crippen LogP contribution in [0.2, 0.25) is 0 Å². The minimum Gasteiger partial charge on any atom is -0.476 e. The van der Waals surface area contributed by atoms with Gasteiger partial charge in [0.2, 0.25) is 5.91 Å². The van der Waals surface area contributed by atoms with Gasteiger partial charge in [0.15, 0.2) is 5.69 Å². The van der Waals surface area contributed by atoms with Gasteiger partial charge >= 0.3 is 5.97 Å². The lowest BCUT2D eigenvalue weighted by Crippen LogP contribution is -2.14. The second kappa shape index (κ2) is 5.42. The Labute approximate surface area is 107 Å². The Morgan fingerprint density at radius 1 is 1.28 bits per heavy atom. The van der Waals surface area contributed by atoms with E-state index in [4.69, 9.17) is 5.11 Å². The third-order valence-electron chi connectivity index (χ3n) is 2.14. The Morgan fingerprint density at radius 3 is 2.61 bits per heavy atom. The van der Waals surface area contributed by atoms with Crippen LogP contribution in [0.5, 0.6) is 0 Å². The highest BCUT2D eigenvalue weighted by molar-refractivity contribution is 7.09. The fourth-order valence-corrected chi connectivity index (χ4v) is 2.12. The number of nitrogens with one attached hydrogen (secondary N) is 1. The van der Waals surface area contributed by atoms with Gasteiger partial charge in [-0.2, -0.15) is 0 Å². The predicted octanol–water partition coefficient (Wildman–Crippen LogP) is 2.02. The highest BCUT2D eigenvalue weighted by Crippen LogP contribution is 2.12. The SMILES string of the molecule is O=C(Cc1nc(C(=O)O)cs1)Nc1ccccc1. The van der Waals surface area contributed by atoms with Crippen LogP contribution in [-0.2, 0) is 11.2 Å². The number of aromatic carboxylic acids is 1. The Kier molecular flexibility index (Phi) is 3.69. The van der Waals surface area contributed by atoms with E-state index in [2.05, 4.69) is 10.3 Å². The number of rotatable bonds is 4. The molecular weight excluding hydrogens is 252 g/mol. The minimum atomic E-state index is -1.08. The normalized spacial score (nSPS) is 10.0. The van der Waals surface area contributed by atoms with Gasteiger partial charge in [0, 0.05) is 11.1 Å². The van der Waals surface area contributed by atoms with Gasteiger partial charge in [-0.1, -0.05) is 18.2 Å². The van der Waals surface area contributed by atoms with Crippen LogP contribution in [0.4, 0.5) is 5.69 Å². The molecule has 0 saturated heterocycles. The number of carbonyl (C=O) groups excluding carboxylic acids is 1. The van der Waals surface area contributed by atoms with E-state index < -0.39 is 5.97 Å². The lowest BCUT2D eigenvalue weighted by Gasteiger charge is -2.02. The standard InChI is InChI=1S/C12H10N2O3S/c15-10(13-8-4-2-1-3-5-8)6-11-14-9(7-18-11)12(16)17/h1-5,7H,6H2,(H,13,15)(H,16,17). The third kappa shape index (κ3) is 3.14. The molecule has 1 heterocycles. The number of carboxylic acid groups (broad SMARTS) is 1. The second-order valence-corrected chi connectivity index (χ2v) is 4.47. The van der Waals surface area contributed by atoms with Crippen LogP contribution < -0.4 is 5.32 Å². The first kappa shape index (κ1) is 12.3. The van der Waals surface area contributed by atoms with E-state index in [1.54, 1.807) is 12.1 Å². The number of anilines is 1. The van der Waals surface area contributed by atoms with Crippen LogP contribution in [-0.4, -0.2) is 22.0 Å². The number of hydrogen-bond acceptors (Lipinski definition) is 4. The summed E-state index contributed by atoms with van der Waals surface area (Å²) in [6, 6.07) is 9.06. The smallest absolute Gasteiger partial charge is 0.355 e. The van der Waals surface area contributed by atoms with E-state index in [1.807, 2.05) is 18.2 Å². The van der Waals surface area contributed by atoms with E-state index in [1.165, 1.54) is 5.38 Å². The maximum Gasteiger partial charge on any atom is 0.355 e. The topological polar surface area (TPSA) is 79.3 Å². The maximum atomic E-state index is 11.7. The van der Waals surface area contributed by atoms with Gasteiger partial charge in [-0.25, -0.2) is 9.78 Å². The Balaban J connectivity index is 1.97. The van der Waals surface area contributed by atoms with Crippen molar-refractivity contribution in [2.75, 3.05) is 5.32 Å². The first-order valence-corrected chi connectivity index (χ1v) is 6.06. The largest absolute Gasteiger partial charge is 0.476 e. The highest BCUT2D eigenvalue weighted by atomic mass is 32.1. The molecule has 0 unspecified atom stereocenters. The van der Waals surface area contributed by atoms with Crippen LogP contribution in [0.15, 0.2) is 35.7 Å². The zero-order valence-electron chi connectivity index (χ0n) is 9.29. The molecule has 0 fully saturated rings. The van der Waals surface area contributed by atoms with Gasteiger partial charge in [0.1, 0.15) is 5.01 Å². The molecule has 1 amide bonds. The van der Waals surface area contributed by atoms with E-state index in [-0.39, 0.29) is 18.0 Å². The number of carboxylic acids is 1. The molecule has 2 N–H and O–H groups in total. The van der Waals surface area contributed by atoms with Crippen LogP contribution >= 0.6 is 11.3 Å². The molecule has 1 aromatic heterocycles. The van der Waals surface area contributed by atoms with Gasteiger partial charge in [-0.05, 0) is 12.1 Å². The Morgan fingerprint density at radius 2 is 2.00 bits per heavy atom. The van der Waals surface area contributed by atoms with E-state index >= 15 is 0 Å². The summed E-state index contributed by atoms with van der Waals surface area (Å²) in [6.45, 7) is 0. The van der Waals surface area contributed by atoms with Crippen molar-refractivity contribution in [3.8, 4) is 0 Å². The lowest BCUT2D eigenvalue weighted by atomic mass is 10.3. The van der Waals surface area contributed by atoms with Crippen molar-refractivity contribution in [2.24, 2.45) is 0 Å². The molecule has 0 aliphatic heterocycles. The van der Waals surface area contributed by atoms with Gasteiger partial charge in [-0.15, -0.1) is 11.3 Å². The molecule has 2 rings (SSSR count). The average molecular weight is 262 g/mol. The van der Waals surface area contributed by atoms with Crippen LogP contribution in [0, 0.1) is 0 Å². The Hall–Kier alpha value is -2.21. The van der Waals surface area contributed by atoms with Crippen molar-refractivity contribution < 1.29 is 14.7 Å². The van der Waals surface area contributed by atoms with Crippen molar-refractivity contribution in [3.63, 3.8) is 0 Å². The number of carbonyl (C=O) groups is 2. The van der Waals surface area contributed by atoms with Crippen molar-refractivity contribution in [1.82, 2.24) is 4.98 Å². The molecule has 0 aliphatic rings. The fourth-order valence-electron chi connectivity index (χ4n) is 1.35.